The van der Waals surface area contributed by atoms with E-state index in [0.717, 1.165) is 5.06 Å². The minimum absolute atomic E-state index is 0.186. The molecule has 0 saturated carbocycles. The van der Waals surface area contributed by atoms with Crippen LogP contribution in [0, 0.1) is 6.92 Å². The number of rotatable bonds is 2. The van der Waals surface area contributed by atoms with Crippen molar-refractivity contribution in [1.29, 1.82) is 0 Å². The highest BCUT2D eigenvalue weighted by Crippen LogP contribution is 2.22. The van der Waals surface area contributed by atoms with Crippen LogP contribution in [-0.4, -0.2) is 30.1 Å². The van der Waals surface area contributed by atoms with E-state index >= 15 is 0 Å². The first-order chi connectivity index (χ1) is 6.97. The lowest BCUT2D eigenvalue weighted by Crippen LogP contribution is -2.26. The van der Waals surface area contributed by atoms with E-state index in [0.29, 0.717) is 11.3 Å². The Morgan fingerprint density at radius 3 is 2.67 bits per heavy atom. The summed E-state index contributed by atoms with van der Waals surface area (Å²) in [5.74, 6) is -0.318. The fourth-order valence-electron chi connectivity index (χ4n) is 1.02. The van der Waals surface area contributed by atoms with Gasteiger partial charge in [0.2, 0.25) is 0 Å². The first-order valence-corrected chi connectivity index (χ1v) is 4.87. The van der Waals surface area contributed by atoms with Crippen LogP contribution in [0.25, 0.3) is 0 Å². The highest BCUT2D eigenvalue weighted by Gasteiger charge is 2.16. The van der Waals surface area contributed by atoms with Crippen LogP contribution in [0.3, 0.4) is 0 Å². The van der Waals surface area contributed by atoms with Gasteiger partial charge in [-0.25, -0.2) is 10.0 Å². The molecule has 0 fully saturated rings. The smallest absolute Gasteiger partial charge is 0.274 e. The quantitative estimate of drug-likeness (QED) is 0.596. The van der Waals surface area contributed by atoms with E-state index in [4.69, 9.17) is 28.0 Å². The topological polar surface area (TPSA) is 42.4 Å². The first-order valence-electron chi connectivity index (χ1n) is 4.12. The van der Waals surface area contributed by atoms with E-state index in [-0.39, 0.29) is 16.1 Å². The van der Waals surface area contributed by atoms with Crippen molar-refractivity contribution in [3.05, 3.63) is 27.5 Å². The Balaban J connectivity index is 3.15. The zero-order valence-electron chi connectivity index (χ0n) is 8.54. The van der Waals surface area contributed by atoms with Gasteiger partial charge in [0.25, 0.3) is 5.91 Å². The van der Waals surface area contributed by atoms with E-state index in [9.17, 15) is 4.79 Å². The molecule has 0 aliphatic heterocycles. The normalized spacial score (nSPS) is 10.2. The lowest BCUT2D eigenvalue weighted by Gasteiger charge is -2.15. The number of nitrogens with zero attached hydrogens (tertiary/aromatic N) is 2. The Morgan fingerprint density at radius 2 is 2.13 bits per heavy atom. The molecular formula is C9H10Cl2N2O2. The van der Waals surface area contributed by atoms with Gasteiger partial charge >= 0.3 is 0 Å². The predicted octanol–water partition coefficient (Wildman–Crippen LogP) is 2.33. The van der Waals surface area contributed by atoms with Crippen LogP contribution in [-0.2, 0) is 4.84 Å². The zero-order chi connectivity index (χ0) is 11.6. The third kappa shape index (κ3) is 2.59. The van der Waals surface area contributed by atoms with Crippen LogP contribution in [0.4, 0.5) is 0 Å². The van der Waals surface area contributed by atoms with Gasteiger partial charge in [0.05, 0.1) is 23.4 Å². The van der Waals surface area contributed by atoms with E-state index < -0.39 is 0 Å². The number of pyridine rings is 1. The number of hydrogen-bond acceptors (Lipinski definition) is 3. The molecule has 1 amide bonds. The van der Waals surface area contributed by atoms with Crippen LogP contribution in [0.5, 0.6) is 0 Å². The van der Waals surface area contributed by atoms with Gasteiger partial charge in [0.1, 0.15) is 5.15 Å². The molecule has 0 saturated heterocycles. The number of aryl methyl sites for hydroxylation is 1. The summed E-state index contributed by atoms with van der Waals surface area (Å²) in [7, 11) is 2.91. The fourth-order valence-corrected chi connectivity index (χ4v) is 1.35. The van der Waals surface area contributed by atoms with Crippen LogP contribution in [0.15, 0.2) is 6.07 Å². The van der Waals surface area contributed by atoms with Crippen LogP contribution in [0.2, 0.25) is 10.2 Å². The summed E-state index contributed by atoms with van der Waals surface area (Å²) in [5, 5.41) is 1.52. The van der Waals surface area contributed by atoms with Crippen molar-refractivity contribution in [2.75, 3.05) is 14.2 Å². The van der Waals surface area contributed by atoms with Crippen molar-refractivity contribution in [3.8, 4) is 0 Å². The number of amides is 1. The van der Waals surface area contributed by atoms with Crippen molar-refractivity contribution >= 4 is 29.1 Å². The maximum absolute atomic E-state index is 11.7. The minimum atomic E-state index is -0.318. The van der Waals surface area contributed by atoms with Gasteiger partial charge in [-0.3, -0.25) is 9.63 Å². The van der Waals surface area contributed by atoms with E-state index in [2.05, 4.69) is 4.98 Å². The van der Waals surface area contributed by atoms with Gasteiger partial charge < -0.3 is 0 Å². The summed E-state index contributed by atoms with van der Waals surface area (Å²) in [5.41, 5.74) is 0.882. The molecule has 0 aliphatic rings. The molecule has 0 bridgehead atoms. The average Bonchev–Trinajstić information content (AvgIpc) is 2.21. The van der Waals surface area contributed by atoms with Crippen molar-refractivity contribution in [1.82, 2.24) is 10.0 Å². The summed E-state index contributed by atoms with van der Waals surface area (Å²) < 4.78 is 0. The molecule has 1 aromatic heterocycles. The summed E-state index contributed by atoms with van der Waals surface area (Å²) in [4.78, 5) is 20.4. The molecule has 15 heavy (non-hydrogen) atoms. The van der Waals surface area contributed by atoms with Crippen LogP contribution < -0.4 is 0 Å². The molecule has 0 atom stereocenters. The second-order valence-electron chi connectivity index (χ2n) is 2.88. The monoisotopic (exact) mass is 248 g/mol. The van der Waals surface area contributed by atoms with E-state index in [1.165, 1.54) is 20.2 Å². The Labute approximate surface area is 97.7 Å². The molecule has 0 N–H and O–H groups in total. The SMILES string of the molecule is CON(C)C(=O)c1cc(Cl)c(Cl)nc1C. The Hall–Kier alpha value is -0.840. The molecule has 0 aromatic carbocycles. The summed E-state index contributed by atoms with van der Waals surface area (Å²) in [6.45, 7) is 1.68. The van der Waals surface area contributed by atoms with E-state index in [1.54, 1.807) is 6.92 Å². The number of carbonyl (C=O) groups excluding carboxylic acids is 1. The first kappa shape index (κ1) is 12.2. The second-order valence-corrected chi connectivity index (χ2v) is 3.64. The number of aromatic nitrogens is 1. The van der Waals surface area contributed by atoms with Crippen LogP contribution in [0.1, 0.15) is 16.1 Å². The number of halogens is 2. The molecule has 6 heteroatoms. The molecule has 1 heterocycles. The molecule has 0 radical (unpaired) electrons. The number of hydrogen-bond donors (Lipinski definition) is 0. The second kappa shape index (κ2) is 4.79. The number of carbonyl (C=O) groups is 1. The van der Waals surface area contributed by atoms with Gasteiger partial charge in [-0.2, -0.15) is 0 Å². The molecule has 1 rings (SSSR count). The fraction of sp³-hybridized carbons (Fsp3) is 0.333. The third-order valence-corrected chi connectivity index (χ3v) is 2.59. The Kier molecular flexibility index (Phi) is 3.90. The molecular weight excluding hydrogens is 239 g/mol. The molecule has 4 nitrogen and oxygen atoms in total. The van der Waals surface area contributed by atoms with Gasteiger partial charge in [0.15, 0.2) is 0 Å². The molecule has 82 valence electrons. The summed E-state index contributed by atoms with van der Waals surface area (Å²) >= 11 is 11.5. The third-order valence-electron chi connectivity index (χ3n) is 1.91. The van der Waals surface area contributed by atoms with Crippen LogP contribution >= 0.6 is 23.2 Å². The summed E-state index contributed by atoms with van der Waals surface area (Å²) in [6.07, 6.45) is 0. The molecule has 0 unspecified atom stereocenters. The molecule has 0 spiro atoms. The predicted molar refractivity (Wildman–Crippen MR) is 58.1 cm³/mol. The van der Waals surface area contributed by atoms with Crippen molar-refractivity contribution in [2.45, 2.75) is 6.92 Å². The maximum atomic E-state index is 11.7. The lowest BCUT2D eigenvalue weighted by molar-refractivity contribution is -0.0757. The number of hydroxylamine groups is 2. The average molecular weight is 249 g/mol. The van der Waals surface area contributed by atoms with Gasteiger partial charge in [-0.1, -0.05) is 23.2 Å². The van der Waals surface area contributed by atoms with Gasteiger partial charge in [-0.05, 0) is 13.0 Å². The van der Waals surface area contributed by atoms with Crippen molar-refractivity contribution < 1.29 is 9.63 Å². The molecule has 1 aromatic rings. The zero-order valence-corrected chi connectivity index (χ0v) is 10.1. The highest BCUT2D eigenvalue weighted by atomic mass is 35.5. The molecule has 0 aliphatic carbocycles. The largest absolute Gasteiger partial charge is 0.279 e. The standard InChI is InChI=1S/C9H10Cl2N2O2/c1-5-6(9(14)13(2)15-3)4-7(10)8(11)12-5/h4H,1-3H3. The highest BCUT2D eigenvalue weighted by molar-refractivity contribution is 6.41. The Morgan fingerprint density at radius 1 is 1.53 bits per heavy atom. The Bertz CT molecular complexity index is 396. The lowest BCUT2D eigenvalue weighted by atomic mass is 10.2. The van der Waals surface area contributed by atoms with Gasteiger partial charge in [-0.15, -0.1) is 0 Å². The minimum Gasteiger partial charge on any atom is -0.274 e. The van der Waals surface area contributed by atoms with Gasteiger partial charge in [0, 0.05) is 7.05 Å². The summed E-state index contributed by atoms with van der Waals surface area (Å²) in [6, 6.07) is 1.48. The van der Waals surface area contributed by atoms with Crippen molar-refractivity contribution in [3.63, 3.8) is 0 Å². The van der Waals surface area contributed by atoms with E-state index in [1.807, 2.05) is 0 Å². The van der Waals surface area contributed by atoms with Crippen molar-refractivity contribution in [2.24, 2.45) is 0 Å². The maximum Gasteiger partial charge on any atom is 0.279 e.